The molecule has 1 fully saturated rings. The Labute approximate surface area is 169 Å². The SMILES string of the molecule is COc1ccccc1CNC(=O)[C@@H](C)N1CCN(Cc2ccc(Cl)s2)CC1. The van der Waals surface area contributed by atoms with Gasteiger partial charge in [-0.15, -0.1) is 11.3 Å². The van der Waals surface area contributed by atoms with Crippen molar-refractivity contribution in [1.29, 1.82) is 0 Å². The Morgan fingerprint density at radius 3 is 2.63 bits per heavy atom. The van der Waals surface area contributed by atoms with Crippen LogP contribution in [0.25, 0.3) is 0 Å². The first-order chi connectivity index (χ1) is 13.1. The number of carbonyl (C=O) groups is 1. The molecule has 2 aromatic rings. The number of ether oxygens (including phenoxy) is 1. The lowest BCUT2D eigenvalue weighted by Crippen LogP contribution is -2.53. The predicted molar refractivity (Wildman–Crippen MR) is 110 cm³/mol. The van der Waals surface area contributed by atoms with E-state index in [9.17, 15) is 4.79 Å². The molecule has 1 amide bonds. The predicted octanol–water partition coefficient (Wildman–Crippen LogP) is 3.23. The number of carbonyl (C=O) groups excluding carboxylic acids is 1. The molecule has 1 atom stereocenters. The van der Waals surface area contributed by atoms with Gasteiger partial charge in [0.1, 0.15) is 5.75 Å². The smallest absolute Gasteiger partial charge is 0.237 e. The lowest BCUT2D eigenvalue weighted by Gasteiger charge is -2.37. The number of thiophene rings is 1. The molecule has 1 N–H and O–H groups in total. The summed E-state index contributed by atoms with van der Waals surface area (Å²) in [6.45, 7) is 7.09. The lowest BCUT2D eigenvalue weighted by atomic mass is 10.1. The second-order valence-corrected chi connectivity index (χ2v) is 8.52. The zero-order chi connectivity index (χ0) is 19.2. The van der Waals surface area contributed by atoms with Gasteiger partial charge in [0.25, 0.3) is 0 Å². The summed E-state index contributed by atoms with van der Waals surface area (Å²) in [6, 6.07) is 11.7. The number of nitrogens with zero attached hydrogens (tertiary/aromatic N) is 2. The van der Waals surface area contributed by atoms with Gasteiger partial charge in [-0.25, -0.2) is 0 Å². The Kier molecular flexibility index (Phi) is 7.13. The van der Waals surface area contributed by atoms with Crippen molar-refractivity contribution < 1.29 is 9.53 Å². The van der Waals surface area contributed by atoms with E-state index in [0.29, 0.717) is 6.54 Å². The standard InChI is InChI=1S/C20H26ClN3O2S/c1-15(20(25)22-13-16-5-3-4-6-18(16)26-2)24-11-9-23(10-12-24)14-17-7-8-19(21)27-17/h3-8,15H,9-14H2,1-2H3,(H,22,25)/t15-/m1/s1. The van der Waals surface area contributed by atoms with E-state index in [2.05, 4.69) is 21.2 Å². The number of rotatable bonds is 7. The number of hydrogen-bond acceptors (Lipinski definition) is 5. The van der Waals surface area contributed by atoms with E-state index < -0.39 is 0 Å². The Balaban J connectivity index is 1.45. The van der Waals surface area contributed by atoms with Crippen LogP contribution in [0.15, 0.2) is 36.4 Å². The van der Waals surface area contributed by atoms with Crippen molar-refractivity contribution in [2.24, 2.45) is 0 Å². The van der Waals surface area contributed by atoms with Crippen molar-refractivity contribution in [2.75, 3.05) is 33.3 Å². The highest BCUT2D eigenvalue weighted by Gasteiger charge is 2.25. The summed E-state index contributed by atoms with van der Waals surface area (Å²) in [6.07, 6.45) is 0. The van der Waals surface area contributed by atoms with Crippen molar-refractivity contribution in [1.82, 2.24) is 15.1 Å². The number of para-hydroxylation sites is 1. The number of amides is 1. The molecule has 5 nitrogen and oxygen atoms in total. The van der Waals surface area contributed by atoms with E-state index in [-0.39, 0.29) is 11.9 Å². The summed E-state index contributed by atoms with van der Waals surface area (Å²) < 4.78 is 6.18. The molecule has 27 heavy (non-hydrogen) atoms. The maximum absolute atomic E-state index is 12.6. The van der Waals surface area contributed by atoms with Gasteiger partial charge in [-0.05, 0) is 25.1 Å². The summed E-state index contributed by atoms with van der Waals surface area (Å²) in [7, 11) is 1.65. The average molecular weight is 408 g/mol. The monoisotopic (exact) mass is 407 g/mol. The van der Waals surface area contributed by atoms with Gasteiger partial charge in [-0.1, -0.05) is 29.8 Å². The van der Waals surface area contributed by atoms with Crippen LogP contribution in [0.2, 0.25) is 4.34 Å². The van der Waals surface area contributed by atoms with Crippen LogP contribution >= 0.6 is 22.9 Å². The Morgan fingerprint density at radius 1 is 1.22 bits per heavy atom. The molecule has 0 spiro atoms. The maximum atomic E-state index is 12.6. The summed E-state index contributed by atoms with van der Waals surface area (Å²) in [5, 5.41) is 3.04. The second kappa shape index (κ2) is 9.55. The van der Waals surface area contributed by atoms with E-state index in [1.807, 2.05) is 37.3 Å². The molecule has 0 aliphatic carbocycles. The van der Waals surface area contributed by atoms with Gasteiger partial charge in [0, 0.05) is 49.7 Å². The van der Waals surface area contributed by atoms with Gasteiger partial charge in [0.05, 0.1) is 17.5 Å². The third-order valence-corrected chi connectivity index (χ3v) is 6.20. The quantitative estimate of drug-likeness (QED) is 0.765. The van der Waals surface area contributed by atoms with Crippen LogP contribution < -0.4 is 10.1 Å². The Hall–Kier alpha value is -1.60. The molecule has 0 bridgehead atoms. The first-order valence-corrected chi connectivity index (χ1v) is 10.4. The molecule has 0 saturated carbocycles. The molecule has 0 radical (unpaired) electrons. The molecule has 3 rings (SSSR count). The van der Waals surface area contributed by atoms with Crippen molar-refractivity contribution >= 4 is 28.8 Å². The highest BCUT2D eigenvalue weighted by Crippen LogP contribution is 2.23. The Morgan fingerprint density at radius 2 is 1.96 bits per heavy atom. The third-order valence-electron chi connectivity index (χ3n) is 4.99. The molecule has 2 heterocycles. The van der Waals surface area contributed by atoms with Crippen LogP contribution in [-0.4, -0.2) is 55.0 Å². The van der Waals surface area contributed by atoms with Gasteiger partial charge in [0.15, 0.2) is 0 Å². The number of benzene rings is 1. The molecular weight excluding hydrogens is 382 g/mol. The minimum absolute atomic E-state index is 0.0550. The van der Waals surface area contributed by atoms with Crippen LogP contribution in [0.3, 0.4) is 0 Å². The molecule has 1 aromatic heterocycles. The fraction of sp³-hybridized carbons (Fsp3) is 0.450. The summed E-state index contributed by atoms with van der Waals surface area (Å²) in [4.78, 5) is 18.5. The number of hydrogen-bond donors (Lipinski definition) is 1. The van der Waals surface area contributed by atoms with Gasteiger partial charge in [-0.3, -0.25) is 14.6 Å². The number of nitrogens with one attached hydrogen (secondary N) is 1. The minimum atomic E-state index is -0.141. The number of piperazine rings is 1. The van der Waals surface area contributed by atoms with E-state index in [4.69, 9.17) is 16.3 Å². The highest BCUT2D eigenvalue weighted by atomic mass is 35.5. The van der Waals surface area contributed by atoms with Gasteiger partial charge < -0.3 is 10.1 Å². The number of halogens is 1. The van der Waals surface area contributed by atoms with E-state index in [1.165, 1.54) is 4.88 Å². The van der Waals surface area contributed by atoms with Crippen molar-refractivity contribution in [2.45, 2.75) is 26.1 Å². The van der Waals surface area contributed by atoms with Crippen LogP contribution in [-0.2, 0) is 17.9 Å². The van der Waals surface area contributed by atoms with Crippen LogP contribution in [0.5, 0.6) is 5.75 Å². The zero-order valence-electron chi connectivity index (χ0n) is 15.8. The number of methoxy groups -OCH3 is 1. The minimum Gasteiger partial charge on any atom is -0.496 e. The summed E-state index contributed by atoms with van der Waals surface area (Å²) in [5.74, 6) is 0.854. The molecule has 1 aromatic carbocycles. The molecule has 1 aliphatic heterocycles. The fourth-order valence-electron chi connectivity index (χ4n) is 3.31. The molecule has 1 aliphatic rings. The van der Waals surface area contributed by atoms with Crippen molar-refractivity contribution in [3.8, 4) is 5.75 Å². The normalized spacial score (nSPS) is 16.9. The second-order valence-electron chi connectivity index (χ2n) is 6.72. The molecule has 1 saturated heterocycles. The van der Waals surface area contributed by atoms with Crippen LogP contribution in [0.1, 0.15) is 17.4 Å². The average Bonchev–Trinajstić information content (AvgIpc) is 3.11. The first kappa shape index (κ1) is 20.1. The maximum Gasteiger partial charge on any atom is 0.237 e. The first-order valence-electron chi connectivity index (χ1n) is 9.17. The molecule has 146 valence electrons. The third kappa shape index (κ3) is 5.45. The van der Waals surface area contributed by atoms with Gasteiger partial charge >= 0.3 is 0 Å². The van der Waals surface area contributed by atoms with Gasteiger partial charge in [-0.2, -0.15) is 0 Å². The zero-order valence-corrected chi connectivity index (χ0v) is 17.4. The topological polar surface area (TPSA) is 44.8 Å². The molecule has 0 unspecified atom stereocenters. The van der Waals surface area contributed by atoms with E-state index in [1.54, 1.807) is 18.4 Å². The lowest BCUT2D eigenvalue weighted by molar-refractivity contribution is -0.126. The van der Waals surface area contributed by atoms with Crippen molar-refractivity contribution in [3.05, 3.63) is 51.2 Å². The van der Waals surface area contributed by atoms with E-state index in [0.717, 1.165) is 48.4 Å². The van der Waals surface area contributed by atoms with Gasteiger partial charge in [0.2, 0.25) is 5.91 Å². The summed E-state index contributed by atoms with van der Waals surface area (Å²) in [5.41, 5.74) is 0.986. The Bertz CT molecular complexity index is 759. The molecule has 7 heteroatoms. The summed E-state index contributed by atoms with van der Waals surface area (Å²) >= 11 is 7.65. The van der Waals surface area contributed by atoms with E-state index >= 15 is 0 Å². The fourth-order valence-corrected chi connectivity index (χ4v) is 4.44. The van der Waals surface area contributed by atoms with Crippen molar-refractivity contribution in [3.63, 3.8) is 0 Å². The highest BCUT2D eigenvalue weighted by molar-refractivity contribution is 7.16. The van der Waals surface area contributed by atoms with Crippen LogP contribution in [0.4, 0.5) is 0 Å². The molecular formula is C20H26ClN3O2S. The largest absolute Gasteiger partial charge is 0.496 e. The van der Waals surface area contributed by atoms with Crippen LogP contribution in [0, 0.1) is 0 Å².